The average Bonchev–Trinajstić information content (AvgIpc) is 2.91. The Balaban J connectivity index is 1.89. The molecule has 0 fully saturated rings. The van der Waals surface area contributed by atoms with Gasteiger partial charge in [-0.25, -0.2) is 4.39 Å². The summed E-state index contributed by atoms with van der Waals surface area (Å²) in [7, 11) is 1.53. The van der Waals surface area contributed by atoms with Crippen LogP contribution in [-0.4, -0.2) is 43.0 Å². The van der Waals surface area contributed by atoms with E-state index in [1.165, 1.54) is 24.1 Å². The molecule has 3 rings (SSSR count). The second kappa shape index (κ2) is 13.9. The molecule has 0 heterocycles. The fourth-order valence-electron chi connectivity index (χ4n) is 3.81. The molecule has 36 heavy (non-hydrogen) atoms. The molecule has 0 aliphatic rings. The monoisotopic (exact) mass is 492 g/mol. The van der Waals surface area contributed by atoms with E-state index < -0.39 is 6.04 Å². The van der Waals surface area contributed by atoms with Crippen molar-refractivity contribution in [1.29, 1.82) is 0 Å². The summed E-state index contributed by atoms with van der Waals surface area (Å²) in [6, 6.07) is 21.8. The number of hydrogen-bond acceptors (Lipinski definition) is 4. The van der Waals surface area contributed by atoms with Crippen LogP contribution in [0.2, 0.25) is 0 Å². The number of benzene rings is 3. The Morgan fingerprint density at radius 1 is 0.917 bits per heavy atom. The smallest absolute Gasteiger partial charge is 0.261 e. The zero-order chi connectivity index (χ0) is 25.8. The fourth-order valence-corrected chi connectivity index (χ4v) is 3.81. The second-order valence-corrected chi connectivity index (χ2v) is 8.44. The summed E-state index contributed by atoms with van der Waals surface area (Å²) >= 11 is 0. The molecule has 6 nitrogen and oxygen atoms in total. The Hall–Kier alpha value is -3.87. The number of carbonyl (C=O) groups excluding carboxylic acids is 2. The third-order valence-electron chi connectivity index (χ3n) is 5.79. The van der Waals surface area contributed by atoms with E-state index in [1.54, 1.807) is 30.3 Å². The number of rotatable bonds is 13. The summed E-state index contributed by atoms with van der Waals surface area (Å²) < 4.78 is 24.6. The predicted molar refractivity (Wildman–Crippen MR) is 137 cm³/mol. The van der Waals surface area contributed by atoms with E-state index in [0.717, 1.165) is 18.4 Å². The van der Waals surface area contributed by atoms with Crippen LogP contribution >= 0.6 is 0 Å². The molecule has 1 N–H and O–H groups in total. The summed E-state index contributed by atoms with van der Waals surface area (Å²) in [5, 5.41) is 2.97. The van der Waals surface area contributed by atoms with Crippen molar-refractivity contribution in [3.8, 4) is 11.5 Å². The van der Waals surface area contributed by atoms with Crippen molar-refractivity contribution in [3.63, 3.8) is 0 Å². The third-order valence-corrected chi connectivity index (χ3v) is 5.79. The second-order valence-electron chi connectivity index (χ2n) is 8.44. The Kier molecular flexibility index (Phi) is 10.3. The number of amides is 2. The molecule has 1 atom stereocenters. The molecule has 0 unspecified atom stereocenters. The number of nitrogens with one attached hydrogen (secondary N) is 1. The first-order valence-corrected chi connectivity index (χ1v) is 12.1. The molecule has 190 valence electrons. The van der Waals surface area contributed by atoms with Gasteiger partial charge in [-0.3, -0.25) is 9.59 Å². The van der Waals surface area contributed by atoms with E-state index in [2.05, 4.69) is 5.32 Å². The lowest BCUT2D eigenvalue weighted by atomic mass is 10.0. The van der Waals surface area contributed by atoms with E-state index in [0.29, 0.717) is 30.0 Å². The molecule has 3 aromatic carbocycles. The first-order chi connectivity index (χ1) is 17.5. The van der Waals surface area contributed by atoms with Gasteiger partial charge in [-0.1, -0.05) is 67.9 Å². The molecule has 0 aliphatic carbocycles. The van der Waals surface area contributed by atoms with Crippen LogP contribution in [0.5, 0.6) is 11.5 Å². The highest BCUT2D eigenvalue weighted by Crippen LogP contribution is 2.26. The van der Waals surface area contributed by atoms with Crippen LogP contribution in [0.4, 0.5) is 4.39 Å². The molecule has 0 bridgehead atoms. The SMILES string of the molecule is CCCCNC(=O)[C@H](Cc1ccccc1)N(Cc1ccc(F)cc1)C(=O)COc1ccccc1OC. The highest BCUT2D eigenvalue weighted by Gasteiger charge is 2.30. The Bertz CT molecular complexity index is 1110. The Morgan fingerprint density at radius 3 is 2.25 bits per heavy atom. The van der Waals surface area contributed by atoms with Crippen LogP contribution < -0.4 is 14.8 Å². The van der Waals surface area contributed by atoms with Gasteiger partial charge in [0.05, 0.1) is 7.11 Å². The van der Waals surface area contributed by atoms with E-state index in [1.807, 2.05) is 43.3 Å². The van der Waals surface area contributed by atoms with Crippen LogP contribution in [0, 0.1) is 5.82 Å². The number of halogens is 1. The van der Waals surface area contributed by atoms with Crippen molar-refractivity contribution in [1.82, 2.24) is 10.2 Å². The Morgan fingerprint density at radius 2 is 1.58 bits per heavy atom. The average molecular weight is 493 g/mol. The van der Waals surface area contributed by atoms with Crippen LogP contribution in [0.1, 0.15) is 30.9 Å². The van der Waals surface area contributed by atoms with Gasteiger partial charge in [0.2, 0.25) is 5.91 Å². The number of unbranched alkanes of at least 4 members (excludes halogenated alkanes) is 1. The number of hydrogen-bond donors (Lipinski definition) is 1. The Labute approximate surface area is 212 Å². The highest BCUT2D eigenvalue weighted by molar-refractivity contribution is 5.88. The van der Waals surface area contributed by atoms with Crippen molar-refractivity contribution in [2.24, 2.45) is 0 Å². The number of ether oxygens (including phenoxy) is 2. The number of carbonyl (C=O) groups is 2. The maximum absolute atomic E-state index is 13.6. The number of methoxy groups -OCH3 is 1. The van der Waals surface area contributed by atoms with E-state index in [-0.39, 0.29) is 30.8 Å². The molecule has 7 heteroatoms. The van der Waals surface area contributed by atoms with Crippen LogP contribution in [0.3, 0.4) is 0 Å². The third kappa shape index (κ3) is 7.83. The summed E-state index contributed by atoms with van der Waals surface area (Å²) in [5.41, 5.74) is 1.64. The van der Waals surface area contributed by atoms with Gasteiger partial charge < -0.3 is 19.7 Å². The van der Waals surface area contributed by atoms with Crippen molar-refractivity contribution in [2.75, 3.05) is 20.3 Å². The molecule has 0 aromatic heterocycles. The van der Waals surface area contributed by atoms with Gasteiger partial charge in [-0.15, -0.1) is 0 Å². The molecule has 0 saturated carbocycles. The van der Waals surface area contributed by atoms with Crippen LogP contribution in [-0.2, 0) is 22.6 Å². The van der Waals surface area contributed by atoms with Crippen molar-refractivity contribution >= 4 is 11.8 Å². The highest BCUT2D eigenvalue weighted by atomic mass is 19.1. The lowest BCUT2D eigenvalue weighted by molar-refractivity contribution is -0.142. The topological polar surface area (TPSA) is 67.9 Å². The first-order valence-electron chi connectivity index (χ1n) is 12.1. The van der Waals surface area contributed by atoms with E-state index in [4.69, 9.17) is 9.47 Å². The maximum Gasteiger partial charge on any atom is 0.261 e. The minimum absolute atomic E-state index is 0.132. The molecule has 2 amide bonds. The molecule has 0 aliphatic heterocycles. The van der Waals surface area contributed by atoms with Gasteiger partial charge in [0, 0.05) is 19.5 Å². The summed E-state index contributed by atoms with van der Waals surface area (Å²) in [6.07, 6.45) is 2.11. The van der Waals surface area contributed by atoms with Crippen molar-refractivity contribution in [2.45, 2.75) is 38.8 Å². The predicted octanol–water partition coefficient (Wildman–Crippen LogP) is 4.77. The summed E-state index contributed by atoms with van der Waals surface area (Å²) in [5.74, 6) is -0.0262. The standard InChI is InChI=1S/C29H33FN2O4/c1-3-4-18-31-29(34)25(19-22-10-6-5-7-11-22)32(20-23-14-16-24(30)17-15-23)28(33)21-36-27-13-9-8-12-26(27)35-2/h5-17,25H,3-4,18-21H2,1-2H3,(H,31,34)/t25-/m0/s1. The van der Waals surface area contributed by atoms with Crippen molar-refractivity contribution < 1.29 is 23.5 Å². The van der Waals surface area contributed by atoms with Gasteiger partial charge in [0.25, 0.3) is 5.91 Å². The van der Waals surface area contributed by atoms with Gasteiger partial charge in [-0.2, -0.15) is 0 Å². The lowest BCUT2D eigenvalue weighted by Gasteiger charge is -2.31. The fraction of sp³-hybridized carbons (Fsp3) is 0.310. The van der Waals surface area contributed by atoms with Crippen LogP contribution in [0.25, 0.3) is 0 Å². The molecule has 0 saturated heterocycles. The van der Waals surface area contributed by atoms with Gasteiger partial charge in [0.15, 0.2) is 18.1 Å². The minimum Gasteiger partial charge on any atom is -0.493 e. The number of nitrogens with zero attached hydrogens (tertiary/aromatic N) is 1. The zero-order valence-electron chi connectivity index (χ0n) is 20.8. The molecule has 3 aromatic rings. The first kappa shape index (κ1) is 26.7. The number of para-hydroxylation sites is 2. The van der Waals surface area contributed by atoms with Crippen molar-refractivity contribution in [3.05, 3.63) is 95.8 Å². The zero-order valence-corrected chi connectivity index (χ0v) is 20.8. The normalized spacial score (nSPS) is 11.4. The van der Waals surface area contributed by atoms with E-state index in [9.17, 15) is 14.0 Å². The van der Waals surface area contributed by atoms with Crippen LogP contribution in [0.15, 0.2) is 78.9 Å². The summed E-state index contributed by atoms with van der Waals surface area (Å²) in [4.78, 5) is 28.4. The minimum atomic E-state index is -0.775. The largest absolute Gasteiger partial charge is 0.493 e. The summed E-state index contributed by atoms with van der Waals surface area (Å²) in [6.45, 7) is 2.42. The van der Waals surface area contributed by atoms with E-state index >= 15 is 0 Å². The van der Waals surface area contributed by atoms with Gasteiger partial charge >= 0.3 is 0 Å². The molecular weight excluding hydrogens is 459 g/mol. The molecular formula is C29H33FN2O4. The molecule has 0 spiro atoms. The molecule has 0 radical (unpaired) electrons. The lowest BCUT2D eigenvalue weighted by Crippen LogP contribution is -2.51. The quantitative estimate of drug-likeness (QED) is 0.349. The maximum atomic E-state index is 13.6. The van der Waals surface area contributed by atoms with Gasteiger partial charge in [0.1, 0.15) is 11.9 Å². The van der Waals surface area contributed by atoms with Gasteiger partial charge in [-0.05, 0) is 41.8 Å².